The van der Waals surface area contributed by atoms with Gasteiger partial charge < -0.3 is 18.9 Å². The van der Waals surface area contributed by atoms with E-state index < -0.39 is 12.7 Å². The van der Waals surface area contributed by atoms with Gasteiger partial charge >= 0.3 is 13.2 Å². The van der Waals surface area contributed by atoms with Gasteiger partial charge in [0.1, 0.15) is 5.60 Å². The van der Waals surface area contributed by atoms with Gasteiger partial charge in [-0.2, -0.15) is 5.10 Å². The second-order valence-electron chi connectivity index (χ2n) is 9.71. The standard InChI is InChI=1S/C19H32BN3O4/c1-17(2,3)25-16(24)22(8)14-9-15(10-14)23-12-13(11-21-23)20-26-18(4,5)19(6,7)27-20/h11-12,14-15H,9-10H2,1-8H3. The molecule has 0 bridgehead atoms. The van der Waals surface area contributed by atoms with Crippen molar-refractivity contribution >= 4 is 18.7 Å². The van der Waals surface area contributed by atoms with Crippen molar-refractivity contribution in [3.63, 3.8) is 0 Å². The first-order valence-corrected chi connectivity index (χ1v) is 9.64. The Hall–Kier alpha value is -1.54. The van der Waals surface area contributed by atoms with E-state index in [0.717, 1.165) is 18.3 Å². The third kappa shape index (κ3) is 4.01. The number of nitrogens with zero attached hydrogens (tertiary/aromatic N) is 3. The molecule has 3 rings (SSSR count). The maximum Gasteiger partial charge on any atom is 0.498 e. The number of aromatic nitrogens is 2. The molecule has 1 aliphatic carbocycles. The third-order valence-corrected chi connectivity index (χ3v) is 5.84. The van der Waals surface area contributed by atoms with Crippen LogP contribution in [0.25, 0.3) is 0 Å². The van der Waals surface area contributed by atoms with Gasteiger partial charge in [0, 0.05) is 30.9 Å². The van der Waals surface area contributed by atoms with Crippen LogP contribution < -0.4 is 5.46 Å². The molecule has 150 valence electrons. The molecule has 2 heterocycles. The number of rotatable bonds is 3. The van der Waals surface area contributed by atoms with Gasteiger partial charge in [-0.1, -0.05) is 0 Å². The molecule has 1 aromatic rings. The molecular weight excluding hydrogens is 345 g/mol. The quantitative estimate of drug-likeness (QED) is 0.758. The minimum Gasteiger partial charge on any atom is -0.444 e. The van der Waals surface area contributed by atoms with E-state index in [9.17, 15) is 4.79 Å². The maximum atomic E-state index is 12.2. The highest BCUT2D eigenvalue weighted by molar-refractivity contribution is 6.62. The van der Waals surface area contributed by atoms with Crippen LogP contribution in [-0.2, 0) is 14.0 Å². The Morgan fingerprint density at radius 1 is 1.26 bits per heavy atom. The van der Waals surface area contributed by atoms with Crippen LogP contribution in [-0.4, -0.2) is 57.8 Å². The summed E-state index contributed by atoms with van der Waals surface area (Å²) in [6.07, 6.45) is 5.26. The molecule has 2 fully saturated rings. The lowest BCUT2D eigenvalue weighted by molar-refractivity contribution is 0.00578. The molecule has 7 nitrogen and oxygen atoms in total. The summed E-state index contributed by atoms with van der Waals surface area (Å²) in [5, 5.41) is 4.50. The fourth-order valence-electron chi connectivity index (χ4n) is 3.23. The molecule has 1 aliphatic heterocycles. The highest BCUT2D eigenvalue weighted by Gasteiger charge is 2.52. The first-order valence-electron chi connectivity index (χ1n) is 9.64. The Kier molecular flexibility index (Phi) is 4.88. The monoisotopic (exact) mass is 377 g/mol. The van der Waals surface area contributed by atoms with Crippen molar-refractivity contribution in [2.24, 2.45) is 0 Å². The van der Waals surface area contributed by atoms with E-state index >= 15 is 0 Å². The summed E-state index contributed by atoms with van der Waals surface area (Å²) in [6, 6.07) is 0.449. The smallest absolute Gasteiger partial charge is 0.444 e. The minimum absolute atomic E-state index is 0.175. The van der Waals surface area contributed by atoms with Crippen molar-refractivity contribution in [1.82, 2.24) is 14.7 Å². The van der Waals surface area contributed by atoms with Crippen molar-refractivity contribution < 1.29 is 18.8 Å². The normalized spacial score (nSPS) is 26.6. The fourth-order valence-corrected chi connectivity index (χ4v) is 3.23. The van der Waals surface area contributed by atoms with Crippen LogP contribution >= 0.6 is 0 Å². The molecular formula is C19H32BN3O4. The molecule has 0 N–H and O–H groups in total. The van der Waals surface area contributed by atoms with E-state index in [1.54, 1.807) is 11.9 Å². The van der Waals surface area contributed by atoms with Gasteiger partial charge in [0.2, 0.25) is 0 Å². The molecule has 0 radical (unpaired) electrons. The first-order chi connectivity index (χ1) is 12.3. The molecule has 1 amide bonds. The Balaban J connectivity index is 1.56. The molecule has 0 unspecified atom stereocenters. The Bertz CT molecular complexity index is 688. The van der Waals surface area contributed by atoms with Crippen LogP contribution in [0.3, 0.4) is 0 Å². The van der Waals surface area contributed by atoms with Crippen molar-refractivity contribution in [3.8, 4) is 0 Å². The molecule has 2 aliphatic rings. The van der Waals surface area contributed by atoms with Crippen LogP contribution in [0.4, 0.5) is 4.79 Å². The summed E-state index contributed by atoms with van der Waals surface area (Å²) in [5.74, 6) is 0. The lowest BCUT2D eigenvalue weighted by Gasteiger charge is -2.41. The number of carbonyl (C=O) groups excluding carboxylic acids is 1. The summed E-state index contributed by atoms with van der Waals surface area (Å²) in [7, 11) is 1.40. The Morgan fingerprint density at radius 2 is 1.81 bits per heavy atom. The summed E-state index contributed by atoms with van der Waals surface area (Å²) in [5.41, 5.74) is -0.277. The zero-order chi connectivity index (χ0) is 20.2. The average Bonchev–Trinajstić information content (AvgIpc) is 2.99. The van der Waals surface area contributed by atoms with E-state index in [0.29, 0.717) is 0 Å². The number of carbonyl (C=O) groups is 1. The summed E-state index contributed by atoms with van der Waals surface area (Å²) >= 11 is 0. The average molecular weight is 377 g/mol. The maximum absolute atomic E-state index is 12.2. The van der Waals surface area contributed by atoms with Crippen molar-refractivity contribution in [1.29, 1.82) is 0 Å². The third-order valence-electron chi connectivity index (χ3n) is 5.84. The van der Waals surface area contributed by atoms with Gasteiger partial charge in [-0.3, -0.25) is 4.68 Å². The lowest BCUT2D eigenvalue weighted by Crippen LogP contribution is -2.48. The summed E-state index contributed by atoms with van der Waals surface area (Å²) in [4.78, 5) is 13.9. The predicted octanol–water partition coefficient (Wildman–Crippen LogP) is 2.75. The molecule has 1 saturated heterocycles. The van der Waals surface area contributed by atoms with Crippen molar-refractivity contribution in [2.45, 2.75) is 90.2 Å². The topological polar surface area (TPSA) is 65.8 Å². The number of hydrogen-bond donors (Lipinski definition) is 0. The highest BCUT2D eigenvalue weighted by Crippen LogP contribution is 2.37. The second kappa shape index (κ2) is 6.52. The summed E-state index contributed by atoms with van der Waals surface area (Å²) < 4.78 is 19.6. The Morgan fingerprint density at radius 3 is 2.33 bits per heavy atom. The lowest BCUT2D eigenvalue weighted by atomic mass is 9.81. The van der Waals surface area contributed by atoms with E-state index in [-0.39, 0.29) is 29.4 Å². The van der Waals surface area contributed by atoms with E-state index in [1.807, 2.05) is 65.5 Å². The number of ether oxygens (including phenoxy) is 1. The van der Waals surface area contributed by atoms with E-state index in [4.69, 9.17) is 14.0 Å². The van der Waals surface area contributed by atoms with Crippen LogP contribution in [0.2, 0.25) is 0 Å². The first kappa shape index (κ1) is 20.2. The number of amides is 1. The Labute approximate surface area is 162 Å². The molecule has 1 aromatic heterocycles. The van der Waals surface area contributed by atoms with Crippen LogP contribution in [0.1, 0.15) is 67.3 Å². The SMILES string of the molecule is CN(C(=O)OC(C)(C)C)C1CC(n2cc(B3OC(C)(C)C(C)(C)O3)cn2)C1. The second-order valence-corrected chi connectivity index (χ2v) is 9.71. The predicted molar refractivity (Wildman–Crippen MR) is 104 cm³/mol. The van der Waals surface area contributed by atoms with E-state index in [2.05, 4.69) is 5.10 Å². The van der Waals surface area contributed by atoms with Crippen LogP contribution in [0.5, 0.6) is 0 Å². The van der Waals surface area contributed by atoms with Gasteiger partial charge in [0.25, 0.3) is 0 Å². The zero-order valence-corrected chi connectivity index (χ0v) is 17.8. The largest absolute Gasteiger partial charge is 0.498 e. The molecule has 8 heteroatoms. The fraction of sp³-hybridized carbons (Fsp3) is 0.789. The van der Waals surface area contributed by atoms with Gasteiger partial charge in [0.15, 0.2) is 0 Å². The minimum atomic E-state index is -0.478. The van der Waals surface area contributed by atoms with E-state index in [1.165, 1.54) is 0 Å². The number of hydrogen-bond acceptors (Lipinski definition) is 5. The summed E-state index contributed by atoms with van der Waals surface area (Å²) in [6.45, 7) is 13.8. The molecule has 0 spiro atoms. The van der Waals surface area contributed by atoms with Crippen LogP contribution in [0.15, 0.2) is 12.4 Å². The zero-order valence-electron chi connectivity index (χ0n) is 17.8. The van der Waals surface area contributed by atoms with Crippen LogP contribution in [0, 0.1) is 0 Å². The molecule has 27 heavy (non-hydrogen) atoms. The van der Waals surface area contributed by atoms with Crippen molar-refractivity contribution in [2.75, 3.05) is 7.05 Å². The van der Waals surface area contributed by atoms with Gasteiger partial charge in [-0.15, -0.1) is 0 Å². The molecule has 1 saturated carbocycles. The van der Waals surface area contributed by atoms with Gasteiger partial charge in [-0.25, -0.2) is 4.79 Å². The van der Waals surface area contributed by atoms with Crippen molar-refractivity contribution in [3.05, 3.63) is 12.4 Å². The highest BCUT2D eigenvalue weighted by atomic mass is 16.7. The molecule has 0 aromatic carbocycles. The van der Waals surface area contributed by atoms with Gasteiger partial charge in [-0.05, 0) is 61.3 Å². The molecule has 0 atom stereocenters. The van der Waals surface area contributed by atoms with Gasteiger partial charge in [0.05, 0.1) is 17.2 Å².